The summed E-state index contributed by atoms with van der Waals surface area (Å²) in [6, 6.07) is 3.75. The van der Waals surface area contributed by atoms with Crippen molar-refractivity contribution in [3.05, 3.63) is 29.8 Å². The molecular formula is C22H28F3N3O5S. The van der Waals surface area contributed by atoms with E-state index < -0.39 is 33.0 Å². The summed E-state index contributed by atoms with van der Waals surface area (Å²) in [6.07, 6.45) is -2.38. The number of piperidine rings is 2. The van der Waals surface area contributed by atoms with Gasteiger partial charge < -0.3 is 19.1 Å². The zero-order valence-electron chi connectivity index (χ0n) is 18.7. The van der Waals surface area contributed by atoms with E-state index >= 15 is 0 Å². The highest BCUT2D eigenvalue weighted by Gasteiger charge is 2.41. The number of amides is 2. The number of benzene rings is 1. The van der Waals surface area contributed by atoms with E-state index in [2.05, 4.69) is 0 Å². The number of likely N-dealkylation sites (tertiary alicyclic amines) is 1. The van der Waals surface area contributed by atoms with Gasteiger partial charge in [-0.2, -0.15) is 13.2 Å². The lowest BCUT2D eigenvalue weighted by molar-refractivity contribution is -0.148. The van der Waals surface area contributed by atoms with Gasteiger partial charge >= 0.3 is 6.18 Å². The van der Waals surface area contributed by atoms with Crippen molar-refractivity contribution in [2.45, 2.75) is 42.8 Å². The summed E-state index contributed by atoms with van der Waals surface area (Å²) < 4.78 is 71.5. The van der Waals surface area contributed by atoms with Crippen LogP contribution in [-0.4, -0.2) is 82.5 Å². The molecule has 0 spiro atoms. The van der Waals surface area contributed by atoms with Crippen LogP contribution in [0.2, 0.25) is 0 Å². The molecule has 8 nitrogen and oxygen atoms in total. The van der Waals surface area contributed by atoms with E-state index in [1.165, 1.54) is 0 Å². The number of halogens is 3. The van der Waals surface area contributed by atoms with Gasteiger partial charge in [0.25, 0.3) is 0 Å². The third-order valence-electron chi connectivity index (χ3n) is 6.77. The van der Waals surface area contributed by atoms with Gasteiger partial charge in [-0.3, -0.25) is 9.59 Å². The van der Waals surface area contributed by atoms with Crippen molar-refractivity contribution < 1.29 is 36.3 Å². The average Bonchev–Trinajstić information content (AvgIpc) is 2.84. The normalized spacial score (nSPS) is 25.3. The molecule has 3 fully saturated rings. The van der Waals surface area contributed by atoms with Crippen LogP contribution < -0.4 is 0 Å². The molecule has 0 aliphatic carbocycles. The van der Waals surface area contributed by atoms with E-state index in [0.29, 0.717) is 58.0 Å². The van der Waals surface area contributed by atoms with Crippen LogP contribution in [0, 0.1) is 5.92 Å². The third kappa shape index (κ3) is 5.29. The summed E-state index contributed by atoms with van der Waals surface area (Å²) in [4.78, 5) is 28.3. The van der Waals surface area contributed by atoms with Crippen LogP contribution in [0.1, 0.15) is 31.2 Å². The minimum Gasteiger partial charge on any atom is -0.593 e. The van der Waals surface area contributed by atoms with Gasteiger partial charge in [-0.25, -0.2) is 0 Å². The maximum Gasteiger partial charge on any atom is 0.416 e. The Bertz CT molecular complexity index is 967. The highest BCUT2D eigenvalue weighted by Crippen LogP contribution is 2.34. The number of carbonyl (C=O) groups excluding carboxylic acids is 2. The highest BCUT2D eigenvalue weighted by atomic mass is 32.3. The second-order valence-corrected chi connectivity index (χ2v) is 10.9. The average molecular weight is 504 g/mol. The van der Waals surface area contributed by atoms with Crippen molar-refractivity contribution in [1.82, 2.24) is 14.1 Å². The van der Waals surface area contributed by atoms with Gasteiger partial charge in [0.2, 0.25) is 11.8 Å². The molecule has 3 heterocycles. The molecule has 1 aromatic carbocycles. The van der Waals surface area contributed by atoms with Crippen molar-refractivity contribution in [1.29, 1.82) is 0 Å². The SMILES string of the molecule is O=C(C1CCCN([S+](=O)([O-])c2cccc(C(F)(F)F)c2)C1)N1CCC(N2CCOCC2=O)CC1. The molecule has 0 saturated carbocycles. The molecule has 3 aliphatic heterocycles. The van der Waals surface area contributed by atoms with Gasteiger partial charge in [0, 0.05) is 38.3 Å². The fourth-order valence-corrected chi connectivity index (χ4v) is 6.49. The topological polar surface area (TPSA) is 93.2 Å². The number of sulfonamides is 1. The van der Waals surface area contributed by atoms with Gasteiger partial charge in [-0.15, -0.1) is 4.31 Å². The molecule has 1 aromatic rings. The van der Waals surface area contributed by atoms with Crippen LogP contribution in [0.15, 0.2) is 29.2 Å². The van der Waals surface area contributed by atoms with Crippen molar-refractivity contribution in [3.63, 3.8) is 0 Å². The highest BCUT2D eigenvalue weighted by molar-refractivity contribution is 7.95. The fraction of sp³-hybridized carbons (Fsp3) is 0.636. The number of morpholine rings is 1. The van der Waals surface area contributed by atoms with Gasteiger partial charge in [-0.05, 0) is 37.8 Å². The lowest BCUT2D eigenvalue weighted by atomic mass is 9.95. The van der Waals surface area contributed by atoms with Crippen LogP contribution in [0.4, 0.5) is 13.2 Å². The van der Waals surface area contributed by atoms with E-state index in [-0.39, 0.29) is 37.6 Å². The zero-order valence-corrected chi connectivity index (χ0v) is 19.5. The lowest BCUT2D eigenvalue weighted by Gasteiger charge is -2.41. The fourth-order valence-electron chi connectivity index (χ4n) is 4.92. The minimum absolute atomic E-state index is 0.0428. The Kier molecular flexibility index (Phi) is 7.32. The maximum absolute atomic E-state index is 13.2. The number of ether oxygens (including phenoxy) is 1. The van der Waals surface area contributed by atoms with E-state index in [0.717, 1.165) is 22.5 Å². The van der Waals surface area contributed by atoms with E-state index in [4.69, 9.17) is 4.74 Å². The molecule has 0 aromatic heterocycles. The van der Waals surface area contributed by atoms with Crippen molar-refractivity contribution in [3.8, 4) is 0 Å². The summed E-state index contributed by atoms with van der Waals surface area (Å²) in [5, 5.41) is 0. The monoisotopic (exact) mass is 503 g/mol. The van der Waals surface area contributed by atoms with Crippen molar-refractivity contribution >= 4 is 22.2 Å². The van der Waals surface area contributed by atoms with Crippen LogP contribution in [0.5, 0.6) is 0 Å². The van der Waals surface area contributed by atoms with Gasteiger partial charge in [0.05, 0.1) is 24.6 Å². The largest absolute Gasteiger partial charge is 0.593 e. The number of alkyl halides is 3. The van der Waals surface area contributed by atoms with Crippen LogP contribution in [0.25, 0.3) is 0 Å². The second-order valence-electron chi connectivity index (χ2n) is 8.92. The standard InChI is InChI=1S/C22H28F3N3O5S/c23-22(24,25)17-4-1-5-19(13-17)34(31,32)27-8-2-3-16(14-27)21(30)26-9-6-18(7-10-26)28-11-12-33-15-20(28)29/h1,4-5,13,16,18H,2-3,6-12,14-15H2. The lowest BCUT2D eigenvalue weighted by Crippen LogP contribution is -2.54. The summed E-state index contributed by atoms with van der Waals surface area (Å²) in [7, 11) is -4.16. The molecule has 188 valence electrons. The molecule has 0 N–H and O–H groups in total. The van der Waals surface area contributed by atoms with E-state index in [9.17, 15) is 31.5 Å². The summed E-state index contributed by atoms with van der Waals surface area (Å²) in [6.45, 7) is 2.18. The van der Waals surface area contributed by atoms with E-state index in [1.807, 2.05) is 4.90 Å². The third-order valence-corrected chi connectivity index (χ3v) is 8.63. The first-order chi connectivity index (χ1) is 16.1. The summed E-state index contributed by atoms with van der Waals surface area (Å²) >= 11 is 0. The zero-order chi connectivity index (χ0) is 24.5. The Morgan fingerprint density at radius 1 is 1.12 bits per heavy atom. The van der Waals surface area contributed by atoms with Crippen LogP contribution in [0.3, 0.4) is 0 Å². The Hall–Kier alpha value is -2.02. The Balaban J connectivity index is 1.38. The molecule has 0 bridgehead atoms. The second kappa shape index (κ2) is 9.92. The van der Waals surface area contributed by atoms with Crippen molar-refractivity contribution in [2.24, 2.45) is 5.92 Å². The van der Waals surface area contributed by atoms with Crippen molar-refractivity contribution in [2.75, 3.05) is 45.9 Å². The first-order valence-electron chi connectivity index (χ1n) is 11.4. The Morgan fingerprint density at radius 3 is 2.53 bits per heavy atom. The number of carbonyl (C=O) groups is 2. The first-order valence-corrected chi connectivity index (χ1v) is 12.8. The number of nitrogens with zero attached hydrogens (tertiary/aromatic N) is 3. The quantitative estimate of drug-likeness (QED) is 0.588. The minimum atomic E-state index is -4.65. The van der Waals surface area contributed by atoms with Gasteiger partial charge in [0.1, 0.15) is 6.61 Å². The number of rotatable bonds is 4. The van der Waals surface area contributed by atoms with Gasteiger partial charge in [0.15, 0.2) is 15.3 Å². The van der Waals surface area contributed by atoms with Crippen LogP contribution in [-0.2, 0) is 35.1 Å². The molecule has 3 aliphatic rings. The van der Waals surface area contributed by atoms with Crippen LogP contribution >= 0.6 is 0 Å². The Labute approximate surface area is 197 Å². The Morgan fingerprint density at radius 2 is 1.85 bits per heavy atom. The van der Waals surface area contributed by atoms with E-state index in [1.54, 1.807) is 4.90 Å². The molecule has 2 atom stereocenters. The predicted molar refractivity (Wildman–Crippen MR) is 115 cm³/mol. The summed E-state index contributed by atoms with van der Waals surface area (Å²) in [5.41, 5.74) is -1.03. The number of hydrogen-bond acceptors (Lipinski definition) is 5. The molecule has 4 rings (SSSR count). The molecule has 0 radical (unpaired) electrons. The molecule has 2 unspecified atom stereocenters. The maximum atomic E-state index is 13.2. The molecule has 2 amide bonds. The summed E-state index contributed by atoms with van der Waals surface area (Å²) in [5.74, 6) is -0.731. The molecular weight excluding hydrogens is 475 g/mol. The first kappa shape index (κ1) is 25.1. The molecule has 34 heavy (non-hydrogen) atoms. The smallest absolute Gasteiger partial charge is 0.416 e. The predicted octanol–water partition coefficient (Wildman–Crippen LogP) is 2.17. The van der Waals surface area contributed by atoms with Gasteiger partial charge in [-0.1, -0.05) is 10.3 Å². The number of hydrogen-bond donors (Lipinski definition) is 0. The molecule has 12 heteroatoms. The molecule has 3 saturated heterocycles.